The molecule has 3 nitrogen and oxygen atoms in total. The van der Waals surface area contributed by atoms with Gasteiger partial charge in [-0.25, -0.2) is 4.79 Å². The summed E-state index contributed by atoms with van der Waals surface area (Å²) in [7, 11) is 0. The van der Waals surface area contributed by atoms with Crippen LogP contribution < -0.4 is 0 Å². The van der Waals surface area contributed by atoms with Gasteiger partial charge in [0.25, 0.3) is 0 Å². The molecule has 1 fully saturated rings. The number of piperidine rings is 1. The second-order valence-corrected chi connectivity index (χ2v) is 5.77. The maximum atomic E-state index is 11.6. The predicted octanol–water partition coefficient (Wildman–Crippen LogP) is 2.34. The van der Waals surface area contributed by atoms with Gasteiger partial charge in [0.15, 0.2) is 0 Å². The van der Waals surface area contributed by atoms with E-state index in [0.717, 1.165) is 43.0 Å². The van der Waals surface area contributed by atoms with Gasteiger partial charge in [0.1, 0.15) is 5.54 Å². The average molecular weight is 241 g/mol. The van der Waals surface area contributed by atoms with Crippen molar-refractivity contribution in [3.8, 4) is 0 Å². The molecule has 0 aromatic heterocycles. The molecule has 2 heterocycles. The first-order valence-electron chi connectivity index (χ1n) is 5.97. The van der Waals surface area contributed by atoms with E-state index in [-0.39, 0.29) is 0 Å². The Balaban J connectivity index is 2.23. The number of rotatable bonds is 3. The van der Waals surface area contributed by atoms with Crippen molar-refractivity contribution < 1.29 is 9.90 Å². The second kappa shape index (κ2) is 4.80. The first-order valence-corrected chi connectivity index (χ1v) is 6.96. The molecule has 1 saturated heterocycles. The van der Waals surface area contributed by atoms with E-state index < -0.39 is 11.5 Å². The zero-order valence-corrected chi connectivity index (χ0v) is 10.6. The van der Waals surface area contributed by atoms with E-state index in [1.807, 2.05) is 6.92 Å². The lowest BCUT2D eigenvalue weighted by Gasteiger charge is -2.40. The third-order valence-electron chi connectivity index (χ3n) is 3.59. The van der Waals surface area contributed by atoms with Crippen LogP contribution in [0, 0.1) is 0 Å². The number of carboxylic acids is 1. The third-order valence-corrected chi connectivity index (χ3v) is 4.90. The average Bonchev–Trinajstić information content (AvgIpc) is 2.82. The molecule has 0 spiro atoms. The highest BCUT2D eigenvalue weighted by atomic mass is 32.2. The molecule has 2 aliphatic heterocycles. The highest BCUT2D eigenvalue weighted by Gasteiger charge is 2.44. The quantitative estimate of drug-likeness (QED) is 0.823. The van der Waals surface area contributed by atoms with Crippen LogP contribution in [0.1, 0.15) is 32.6 Å². The Morgan fingerprint density at radius 1 is 1.44 bits per heavy atom. The van der Waals surface area contributed by atoms with Gasteiger partial charge in [-0.05, 0) is 39.3 Å². The summed E-state index contributed by atoms with van der Waals surface area (Å²) in [5.41, 5.74) is -0.776. The number of likely N-dealkylation sites (tertiary alicyclic amines) is 1. The molecule has 0 radical (unpaired) electrons. The van der Waals surface area contributed by atoms with Gasteiger partial charge in [-0.3, -0.25) is 4.90 Å². The fourth-order valence-corrected chi connectivity index (χ4v) is 3.68. The van der Waals surface area contributed by atoms with Crippen molar-refractivity contribution in [2.75, 3.05) is 18.8 Å². The summed E-state index contributed by atoms with van der Waals surface area (Å²) < 4.78 is 0. The summed E-state index contributed by atoms with van der Waals surface area (Å²) in [5, 5.41) is 9.55. The lowest BCUT2D eigenvalue weighted by Crippen LogP contribution is -2.54. The van der Waals surface area contributed by atoms with E-state index >= 15 is 0 Å². The number of aliphatic carboxylic acids is 1. The van der Waals surface area contributed by atoms with Gasteiger partial charge in [0.2, 0.25) is 0 Å². The number of hydrogen-bond donors (Lipinski definition) is 1. The minimum Gasteiger partial charge on any atom is -0.480 e. The molecule has 4 heteroatoms. The topological polar surface area (TPSA) is 40.5 Å². The normalized spacial score (nSPS) is 26.2. The predicted molar refractivity (Wildman–Crippen MR) is 66.6 cm³/mol. The maximum absolute atomic E-state index is 11.6. The number of carboxylic acid groups (broad SMARTS) is 1. The summed E-state index contributed by atoms with van der Waals surface area (Å²) in [6.45, 7) is 3.70. The second-order valence-electron chi connectivity index (χ2n) is 4.63. The molecule has 0 aromatic rings. The largest absolute Gasteiger partial charge is 0.480 e. The van der Waals surface area contributed by atoms with Crippen LogP contribution in [0.3, 0.4) is 0 Å². The lowest BCUT2D eigenvalue weighted by molar-refractivity contribution is -0.148. The van der Waals surface area contributed by atoms with E-state index in [1.165, 1.54) is 6.42 Å². The standard InChI is InChI=1S/C12H19NO2S/c1-12(11(14)15,10-6-5-9-16-10)13-7-3-2-4-8-13/h6H,2-5,7-9H2,1H3,(H,14,15). The minimum absolute atomic E-state index is 0.699. The molecule has 0 aliphatic carbocycles. The first-order chi connectivity index (χ1) is 7.65. The molecular formula is C12H19NO2S. The summed E-state index contributed by atoms with van der Waals surface area (Å²) in [6.07, 6.45) is 6.60. The van der Waals surface area contributed by atoms with Crippen molar-refractivity contribution in [1.82, 2.24) is 4.90 Å². The summed E-state index contributed by atoms with van der Waals surface area (Å²) in [5.74, 6) is 0.335. The van der Waals surface area contributed by atoms with Crippen LogP contribution in [0.25, 0.3) is 0 Å². The monoisotopic (exact) mass is 241 g/mol. The molecule has 1 unspecified atom stereocenters. The van der Waals surface area contributed by atoms with Crippen LogP contribution in [0.5, 0.6) is 0 Å². The lowest BCUT2D eigenvalue weighted by atomic mass is 9.95. The summed E-state index contributed by atoms with van der Waals surface area (Å²) >= 11 is 1.71. The maximum Gasteiger partial charge on any atom is 0.329 e. The van der Waals surface area contributed by atoms with E-state index in [2.05, 4.69) is 11.0 Å². The van der Waals surface area contributed by atoms with Crippen LogP contribution in [-0.4, -0.2) is 40.4 Å². The molecule has 0 aromatic carbocycles. The summed E-state index contributed by atoms with van der Waals surface area (Å²) in [4.78, 5) is 14.8. The Bertz CT molecular complexity index is 310. The molecule has 0 bridgehead atoms. The molecular weight excluding hydrogens is 222 g/mol. The van der Waals surface area contributed by atoms with Crippen molar-refractivity contribution >= 4 is 17.7 Å². The molecule has 2 aliphatic rings. The van der Waals surface area contributed by atoms with Crippen molar-refractivity contribution in [2.24, 2.45) is 0 Å². The minimum atomic E-state index is -0.776. The molecule has 16 heavy (non-hydrogen) atoms. The van der Waals surface area contributed by atoms with Gasteiger partial charge in [-0.2, -0.15) is 0 Å². The van der Waals surface area contributed by atoms with Crippen LogP contribution >= 0.6 is 11.8 Å². The van der Waals surface area contributed by atoms with Crippen molar-refractivity contribution in [2.45, 2.75) is 38.1 Å². The van der Waals surface area contributed by atoms with Gasteiger partial charge in [0, 0.05) is 10.7 Å². The molecule has 1 N–H and O–H groups in total. The fourth-order valence-electron chi connectivity index (χ4n) is 2.49. The van der Waals surface area contributed by atoms with Gasteiger partial charge < -0.3 is 5.11 Å². The van der Waals surface area contributed by atoms with Crippen LogP contribution in [0.15, 0.2) is 11.0 Å². The Morgan fingerprint density at radius 3 is 2.62 bits per heavy atom. The van der Waals surface area contributed by atoms with Crippen LogP contribution in [0.4, 0.5) is 0 Å². The van der Waals surface area contributed by atoms with Gasteiger partial charge in [-0.15, -0.1) is 11.8 Å². The van der Waals surface area contributed by atoms with E-state index in [9.17, 15) is 9.90 Å². The summed E-state index contributed by atoms with van der Waals surface area (Å²) in [6, 6.07) is 0. The first kappa shape index (κ1) is 12.0. The van der Waals surface area contributed by atoms with Gasteiger partial charge in [0.05, 0.1) is 0 Å². The van der Waals surface area contributed by atoms with E-state index in [4.69, 9.17) is 0 Å². The molecule has 0 saturated carbocycles. The highest BCUT2D eigenvalue weighted by Crippen LogP contribution is 2.39. The zero-order valence-electron chi connectivity index (χ0n) is 9.74. The number of allylic oxidation sites excluding steroid dienone is 1. The van der Waals surface area contributed by atoms with E-state index in [1.54, 1.807) is 11.8 Å². The number of nitrogens with zero attached hydrogens (tertiary/aromatic N) is 1. The Hall–Kier alpha value is -0.480. The fraction of sp³-hybridized carbons (Fsp3) is 0.750. The van der Waals surface area contributed by atoms with Crippen LogP contribution in [-0.2, 0) is 4.79 Å². The SMILES string of the molecule is CC(C(=O)O)(C1=CCCS1)N1CCCCC1. The molecule has 0 amide bonds. The Labute approximate surface area is 101 Å². The number of carbonyl (C=O) groups is 1. The zero-order chi connectivity index (χ0) is 11.6. The smallest absolute Gasteiger partial charge is 0.329 e. The van der Waals surface area contributed by atoms with Crippen molar-refractivity contribution in [3.63, 3.8) is 0 Å². The Morgan fingerprint density at radius 2 is 2.12 bits per heavy atom. The Kier molecular flexibility index (Phi) is 3.60. The third kappa shape index (κ3) is 2.00. The van der Waals surface area contributed by atoms with Crippen molar-refractivity contribution in [1.29, 1.82) is 0 Å². The molecule has 2 rings (SSSR count). The highest BCUT2D eigenvalue weighted by molar-refractivity contribution is 8.03. The number of hydrogen-bond acceptors (Lipinski definition) is 3. The number of thioether (sulfide) groups is 1. The van der Waals surface area contributed by atoms with Crippen molar-refractivity contribution in [3.05, 3.63) is 11.0 Å². The van der Waals surface area contributed by atoms with E-state index in [0.29, 0.717) is 0 Å². The molecule has 1 atom stereocenters. The van der Waals surface area contributed by atoms with Crippen LogP contribution in [0.2, 0.25) is 0 Å². The van der Waals surface area contributed by atoms with Gasteiger partial charge in [-0.1, -0.05) is 12.5 Å². The molecule has 90 valence electrons. The van der Waals surface area contributed by atoms with Gasteiger partial charge >= 0.3 is 5.97 Å².